The van der Waals surface area contributed by atoms with Crippen LogP contribution in [0, 0.1) is 5.92 Å². The number of carboxylic acids is 1. The largest absolute Gasteiger partial charge is 0.478 e. The third-order valence-corrected chi connectivity index (χ3v) is 3.92. The van der Waals surface area contributed by atoms with E-state index >= 15 is 0 Å². The number of ether oxygens (including phenoxy) is 1. The number of hydrogen-bond acceptors (Lipinski definition) is 4. The van der Waals surface area contributed by atoms with E-state index in [9.17, 15) is 19.8 Å². The van der Waals surface area contributed by atoms with Gasteiger partial charge >= 0.3 is 11.9 Å². The first-order chi connectivity index (χ1) is 9.40. The molecule has 3 atom stereocenters. The van der Waals surface area contributed by atoms with Crippen LogP contribution in [0.3, 0.4) is 0 Å². The van der Waals surface area contributed by atoms with Crippen molar-refractivity contribution < 1.29 is 24.5 Å². The Morgan fingerprint density at radius 1 is 1.40 bits per heavy atom. The van der Waals surface area contributed by atoms with Gasteiger partial charge in [-0.2, -0.15) is 0 Å². The summed E-state index contributed by atoms with van der Waals surface area (Å²) in [6.07, 6.45) is 3.09. The number of carboxylic acid groups (broad SMARTS) is 1. The highest BCUT2D eigenvalue weighted by Gasteiger charge is 2.39. The van der Waals surface area contributed by atoms with Crippen molar-refractivity contribution in [3.63, 3.8) is 0 Å². The van der Waals surface area contributed by atoms with E-state index in [1.165, 1.54) is 6.08 Å². The first-order valence-electron chi connectivity index (χ1n) is 6.57. The Labute approximate surface area is 117 Å². The molecule has 1 aliphatic heterocycles. The summed E-state index contributed by atoms with van der Waals surface area (Å²) in [5.41, 5.74) is 1.30. The SMILES string of the molecule is C=C1C(=O)O[C@H]2C/C(C(=O)O)=C/C[C@@H](O)/C(C)=C/C[C@H]12. The van der Waals surface area contributed by atoms with Gasteiger partial charge in [0.05, 0.1) is 6.10 Å². The molecule has 0 aromatic heterocycles. The fraction of sp³-hybridized carbons (Fsp3) is 0.467. The zero-order chi connectivity index (χ0) is 14.9. The third kappa shape index (κ3) is 2.82. The van der Waals surface area contributed by atoms with E-state index in [2.05, 4.69) is 6.58 Å². The van der Waals surface area contributed by atoms with Gasteiger partial charge < -0.3 is 14.9 Å². The minimum atomic E-state index is -1.05. The molecule has 20 heavy (non-hydrogen) atoms. The molecule has 0 saturated carbocycles. The number of allylic oxidation sites excluding steroid dienone is 1. The Kier molecular flexibility index (Phi) is 4.09. The van der Waals surface area contributed by atoms with Crippen LogP contribution in [-0.2, 0) is 14.3 Å². The molecule has 0 spiro atoms. The standard InChI is InChI=1S/C15H18O5/c1-8-3-5-11-9(2)15(19)20-13(11)7-10(14(17)18)4-6-12(8)16/h3-4,11-13,16H,2,5-7H2,1H3,(H,17,18)/b8-3+,10-4-/t11-,12-,13+/m1/s1. The minimum Gasteiger partial charge on any atom is -0.478 e. The Morgan fingerprint density at radius 2 is 2.10 bits per heavy atom. The molecular weight excluding hydrogens is 260 g/mol. The molecule has 5 nitrogen and oxygen atoms in total. The Bertz CT molecular complexity index is 514. The highest BCUT2D eigenvalue weighted by Crippen LogP contribution is 2.34. The van der Waals surface area contributed by atoms with Gasteiger partial charge in [-0.25, -0.2) is 9.59 Å². The molecule has 0 bridgehead atoms. The molecule has 0 aromatic rings. The highest BCUT2D eigenvalue weighted by molar-refractivity contribution is 5.91. The second-order valence-electron chi connectivity index (χ2n) is 5.25. The normalized spacial score (nSPS) is 36.2. The zero-order valence-electron chi connectivity index (χ0n) is 11.3. The topological polar surface area (TPSA) is 83.8 Å². The van der Waals surface area contributed by atoms with Crippen molar-refractivity contribution in [3.05, 3.63) is 35.5 Å². The number of hydrogen-bond donors (Lipinski definition) is 2. The summed E-state index contributed by atoms with van der Waals surface area (Å²) >= 11 is 0. The maximum atomic E-state index is 11.6. The van der Waals surface area contributed by atoms with Crippen molar-refractivity contribution in [3.8, 4) is 0 Å². The van der Waals surface area contributed by atoms with Crippen molar-refractivity contribution in [2.24, 2.45) is 5.92 Å². The second-order valence-corrected chi connectivity index (χ2v) is 5.25. The van der Waals surface area contributed by atoms with Crippen LogP contribution in [0.15, 0.2) is 35.5 Å². The van der Waals surface area contributed by atoms with Crippen molar-refractivity contribution in [1.29, 1.82) is 0 Å². The summed E-state index contributed by atoms with van der Waals surface area (Å²) in [4.78, 5) is 22.8. The van der Waals surface area contributed by atoms with E-state index in [1.54, 1.807) is 6.92 Å². The highest BCUT2D eigenvalue weighted by atomic mass is 16.6. The van der Waals surface area contributed by atoms with Crippen LogP contribution in [0.2, 0.25) is 0 Å². The smallest absolute Gasteiger partial charge is 0.334 e. The van der Waals surface area contributed by atoms with Crippen LogP contribution in [0.25, 0.3) is 0 Å². The van der Waals surface area contributed by atoms with Crippen LogP contribution in [0.4, 0.5) is 0 Å². The van der Waals surface area contributed by atoms with Crippen molar-refractivity contribution in [1.82, 2.24) is 0 Å². The van der Waals surface area contributed by atoms with E-state index in [4.69, 9.17) is 4.74 Å². The number of rotatable bonds is 1. The van der Waals surface area contributed by atoms with Crippen LogP contribution in [0.5, 0.6) is 0 Å². The summed E-state index contributed by atoms with van der Waals surface area (Å²) in [7, 11) is 0. The van der Waals surface area contributed by atoms with E-state index < -0.39 is 24.1 Å². The van der Waals surface area contributed by atoms with Crippen LogP contribution in [-0.4, -0.2) is 34.4 Å². The molecule has 1 aliphatic carbocycles. The van der Waals surface area contributed by atoms with Gasteiger partial charge in [-0.15, -0.1) is 0 Å². The van der Waals surface area contributed by atoms with Crippen molar-refractivity contribution in [2.45, 2.75) is 38.4 Å². The van der Waals surface area contributed by atoms with Gasteiger partial charge in [0, 0.05) is 23.5 Å². The predicted molar refractivity (Wildman–Crippen MR) is 71.8 cm³/mol. The van der Waals surface area contributed by atoms with Crippen LogP contribution < -0.4 is 0 Å². The monoisotopic (exact) mass is 278 g/mol. The summed E-state index contributed by atoms with van der Waals surface area (Å²) in [5, 5.41) is 19.1. The Balaban J connectivity index is 2.34. The number of esters is 1. The lowest BCUT2D eigenvalue weighted by Crippen LogP contribution is -2.21. The lowest BCUT2D eigenvalue weighted by Gasteiger charge is -2.19. The Hall–Kier alpha value is -1.88. The molecule has 0 amide bonds. The summed E-state index contributed by atoms with van der Waals surface area (Å²) in [6.45, 7) is 5.51. The van der Waals surface area contributed by atoms with Crippen LogP contribution in [0.1, 0.15) is 26.2 Å². The van der Waals surface area contributed by atoms with Gasteiger partial charge in [0.25, 0.3) is 0 Å². The zero-order valence-corrected chi connectivity index (χ0v) is 11.3. The van der Waals surface area contributed by atoms with Gasteiger partial charge in [-0.1, -0.05) is 18.7 Å². The van der Waals surface area contributed by atoms with Crippen molar-refractivity contribution >= 4 is 11.9 Å². The van der Waals surface area contributed by atoms with E-state index in [-0.39, 0.29) is 24.3 Å². The van der Waals surface area contributed by atoms with Gasteiger partial charge in [0.1, 0.15) is 6.10 Å². The Morgan fingerprint density at radius 3 is 2.75 bits per heavy atom. The molecule has 1 fully saturated rings. The molecule has 1 heterocycles. The lowest BCUT2D eigenvalue weighted by molar-refractivity contribution is -0.140. The maximum absolute atomic E-state index is 11.6. The quantitative estimate of drug-likeness (QED) is 0.432. The molecule has 2 N–H and O–H groups in total. The maximum Gasteiger partial charge on any atom is 0.334 e. The summed E-state index contributed by atoms with van der Waals surface area (Å²) in [6, 6.07) is 0. The predicted octanol–water partition coefficient (Wildman–Crippen LogP) is 1.59. The van der Waals surface area contributed by atoms with Crippen LogP contribution >= 0.6 is 0 Å². The molecule has 2 rings (SSSR count). The first-order valence-corrected chi connectivity index (χ1v) is 6.57. The van der Waals surface area contributed by atoms with Gasteiger partial charge in [-0.3, -0.25) is 0 Å². The van der Waals surface area contributed by atoms with E-state index in [0.717, 1.165) is 5.57 Å². The average Bonchev–Trinajstić information content (AvgIpc) is 2.66. The summed E-state index contributed by atoms with van der Waals surface area (Å²) in [5.74, 6) is -1.74. The lowest BCUT2D eigenvalue weighted by atomic mass is 9.87. The molecule has 108 valence electrons. The molecule has 0 unspecified atom stereocenters. The molecular formula is C15H18O5. The fourth-order valence-corrected chi connectivity index (χ4v) is 2.51. The van der Waals surface area contributed by atoms with Gasteiger partial charge in [0.2, 0.25) is 0 Å². The second kappa shape index (κ2) is 5.63. The summed E-state index contributed by atoms with van der Waals surface area (Å²) < 4.78 is 5.22. The number of aliphatic carboxylic acids is 1. The molecule has 0 radical (unpaired) electrons. The van der Waals surface area contributed by atoms with Crippen molar-refractivity contribution in [2.75, 3.05) is 0 Å². The molecule has 0 aromatic carbocycles. The van der Waals surface area contributed by atoms with E-state index in [1.807, 2.05) is 6.08 Å². The number of fused-ring (bicyclic) bond motifs is 1. The number of aliphatic hydroxyl groups excluding tert-OH is 1. The fourth-order valence-electron chi connectivity index (χ4n) is 2.51. The average molecular weight is 278 g/mol. The van der Waals surface area contributed by atoms with Gasteiger partial charge in [-0.05, 0) is 25.3 Å². The number of carbonyl (C=O) groups excluding carboxylic acids is 1. The van der Waals surface area contributed by atoms with Gasteiger partial charge in [0.15, 0.2) is 0 Å². The number of carbonyl (C=O) groups is 2. The molecule has 5 heteroatoms. The first kappa shape index (κ1) is 14.5. The third-order valence-electron chi connectivity index (χ3n) is 3.92. The minimum absolute atomic E-state index is 0.143. The number of aliphatic hydroxyl groups is 1. The molecule has 2 aliphatic rings. The molecule has 1 saturated heterocycles. The van der Waals surface area contributed by atoms with E-state index in [0.29, 0.717) is 12.0 Å².